The quantitative estimate of drug-likeness (QED) is 0.656. The molecule has 0 aromatic heterocycles. The van der Waals surface area contributed by atoms with Gasteiger partial charge in [-0.05, 0) is 30.9 Å². The molecule has 0 spiro atoms. The Morgan fingerprint density at radius 2 is 2.06 bits per heavy atom. The van der Waals surface area contributed by atoms with Crippen LogP contribution in [0.3, 0.4) is 0 Å². The zero-order valence-corrected chi connectivity index (χ0v) is 10.2. The number of halogens is 1. The van der Waals surface area contributed by atoms with Crippen LogP contribution in [0.5, 0.6) is 0 Å². The molecule has 1 aliphatic carbocycles. The number of nitro groups is 1. The molecule has 98 valence electrons. The van der Waals surface area contributed by atoms with Gasteiger partial charge in [0.05, 0.1) is 11.0 Å². The average Bonchev–Trinajstić information content (AvgIpc) is 2.38. The van der Waals surface area contributed by atoms with Gasteiger partial charge in [0.1, 0.15) is 11.5 Å². The van der Waals surface area contributed by atoms with E-state index in [-0.39, 0.29) is 5.69 Å². The molecule has 4 nitrogen and oxygen atoms in total. The van der Waals surface area contributed by atoms with E-state index >= 15 is 0 Å². The van der Waals surface area contributed by atoms with Crippen molar-refractivity contribution >= 4 is 11.4 Å². The maximum absolute atomic E-state index is 13.0. The van der Waals surface area contributed by atoms with E-state index in [2.05, 4.69) is 5.32 Å². The van der Waals surface area contributed by atoms with Crippen LogP contribution in [0.4, 0.5) is 15.8 Å². The van der Waals surface area contributed by atoms with Crippen LogP contribution in [0.1, 0.15) is 32.1 Å². The van der Waals surface area contributed by atoms with Crippen molar-refractivity contribution in [2.24, 2.45) is 5.92 Å². The second-order valence-corrected chi connectivity index (χ2v) is 4.80. The molecule has 1 aromatic carbocycles. The first kappa shape index (κ1) is 12.8. The maximum Gasteiger partial charge on any atom is 0.295 e. The topological polar surface area (TPSA) is 55.2 Å². The molecule has 0 unspecified atom stereocenters. The minimum Gasteiger partial charge on any atom is -0.379 e. The van der Waals surface area contributed by atoms with E-state index in [4.69, 9.17) is 0 Å². The highest BCUT2D eigenvalue weighted by molar-refractivity contribution is 5.61. The Morgan fingerprint density at radius 1 is 1.33 bits per heavy atom. The zero-order chi connectivity index (χ0) is 13.0. The number of hydrogen-bond donors (Lipinski definition) is 1. The van der Waals surface area contributed by atoms with Crippen molar-refractivity contribution in [2.75, 3.05) is 11.9 Å². The van der Waals surface area contributed by atoms with Gasteiger partial charge in [0, 0.05) is 6.54 Å². The van der Waals surface area contributed by atoms with Gasteiger partial charge in [-0.3, -0.25) is 10.1 Å². The fraction of sp³-hybridized carbons (Fsp3) is 0.538. The summed E-state index contributed by atoms with van der Waals surface area (Å²) in [5.41, 5.74) is 0.220. The molecule has 1 aliphatic rings. The summed E-state index contributed by atoms with van der Waals surface area (Å²) in [5.74, 6) is -0.00618. The summed E-state index contributed by atoms with van der Waals surface area (Å²) in [6.07, 6.45) is 6.09. The number of nitrogens with zero attached hydrogens (tertiary/aromatic N) is 1. The number of nitrogens with one attached hydrogen (secondary N) is 1. The lowest BCUT2D eigenvalue weighted by molar-refractivity contribution is -0.384. The van der Waals surface area contributed by atoms with Crippen molar-refractivity contribution in [3.05, 3.63) is 34.1 Å². The number of hydrogen-bond acceptors (Lipinski definition) is 3. The van der Waals surface area contributed by atoms with Crippen LogP contribution in [0, 0.1) is 21.8 Å². The normalized spacial score (nSPS) is 16.5. The second-order valence-electron chi connectivity index (χ2n) is 4.80. The monoisotopic (exact) mass is 252 g/mol. The number of rotatable bonds is 4. The molecule has 0 radical (unpaired) electrons. The Kier molecular flexibility index (Phi) is 4.12. The highest BCUT2D eigenvalue weighted by Gasteiger charge is 2.17. The Hall–Kier alpha value is -1.65. The molecule has 0 saturated heterocycles. The van der Waals surface area contributed by atoms with Crippen molar-refractivity contribution < 1.29 is 9.31 Å². The van der Waals surface area contributed by atoms with E-state index in [1.54, 1.807) is 0 Å². The highest BCUT2D eigenvalue weighted by atomic mass is 19.1. The maximum atomic E-state index is 13.0. The van der Waals surface area contributed by atoms with Crippen LogP contribution in [-0.4, -0.2) is 11.5 Å². The van der Waals surface area contributed by atoms with Crippen molar-refractivity contribution in [1.29, 1.82) is 0 Å². The van der Waals surface area contributed by atoms with Crippen molar-refractivity contribution in [3.8, 4) is 0 Å². The standard InChI is InChI=1S/C13H17FN2O2/c14-11-6-7-12(13(8-11)16(17)18)15-9-10-4-2-1-3-5-10/h6-8,10,15H,1-5,9H2. The van der Waals surface area contributed by atoms with Crippen molar-refractivity contribution in [3.63, 3.8) is 0 Å². The van der Waals surface area contributed by atoms with E-state index in [1.165, 1.54) is 44.2 Å². The summed E-state index contributed by atoms with van der Waals surface area (Å²) in [7, 11) is 0. The largest absolute Gasteiger partial charge is 0.379 e. The van der Waals surface area contributed by atoms with E-state index < -0.39 is 10.7 Å². The van der Waals surface area contributed by atoms with Crippen LogP contribution in [-0.2, 0) is 0 Å². The van der Waals surface area contributed by atoms with Gasteiger partial charge in [0.2, 0.25) is 0 Å². The van der Waals surface area contributed by atoms with Crippen LogP contribution >= 0.6 is 0 Å². The Bertz CT molecular complexity index is 431. The molecular formula is C13H17FN2O2. The predicted molar refractivity (Wildman–Crippen MR) is 68.1 cm³/mol. The molecule has 0 aliphatic heterocycles. The summed E-state index contributed by atoms with van der Waals surface area (Å²) >= 11 is 0. The summed E-state index contributed by atoms with van der Waals surface area (Å²) < 4.78 is 13.0. The minimum atomic E-state index is -0.579. The zero-order valence-electron chi connectivity index (χ0n) is 10.2. The lowest BCUT2D eigenvalue weighted by Crippen LogP contribution is -2.17. The van der Waals surface area contributed by atoms with Crippen molar-refractivity contribution in [2.45, 2.75) is 32.1 Å². The smallest absolute Gasteiger partial charge is 0.295 e. The van der Waals surface area contributed by atoms with Gasteiger partial charge in [-0.25, -0.2) is 4.39 Å². The Balaban J connectivity index is 2.01. The number of anilines is 1. The molecule has 0 bridgehead atoms. The third-order valence-corrected chi connectivity index (χ3v) is 3.46. The van der Waals surface area contributed by atoms with Gasteiger partial charge in [-0.1, -0.05) is 19.3 Å². The molecule has 0 atom stereocenters. The third kappa shape index (κ3) is 3.18. The first-order valence-corrected chi connectivity index (χ1v) is 6.34. The van der Waals surface area contributed by atoms with E-state index in [9.17, 15) is 14.5 Å². The summed E-state index contributed by atoms with van der Waals surface area (Å²) in [5, 5.41) is 13.9. The Morgan fingerprint density at radius 3 is 2.72 bits per heavy atom. The lowest BCUT2D eigenvalue weighted by atomic mass is 9.89. The van der Waals surface area contributed by atoms with Gasteiger partial charge in [0.15, 0.2) is 0 Å². The van der Waals surface area contributed by atoms with Gasteiger partial charge in [-0.15, -0.1) is 0 Å². The summed E-state index contributed by atoms with van der Waals surface area (Å²) in [4.78, 5) is 10.3. The Labute approximate surface area is 105 Å². The predicted octanol–water partition coefficient (Wildman–Crippen LogP) is 3.73. The summed E-state index contributed by atoms with van der Waals surface area (Å²) in [6, 6.07) is 3.65. The first-order chi connectivity index (χ1) is 8.66. The van der Waals surface area contributed by atoms with E-state index in [0.29, 0.717) is 11.6 Å². The molecule has 18 heavy (non-hydrogen) atoms. The van der Waals surface area contributed by atoms with Crippen LogP contribution in [0.2, 0.25) is 0 Å². The molecule has 1 aromatic rings. The van der Waals surface area contributed by atoms with E-state index in [0.717, 1.165) is 12.6 Å². The molecule has 5 heteroatoms. The molecule has 2 rings (SSSR count). The third-order valence-electron chi connectivity index (χ3n) is 3.46. The SMILES string of the molecule is O=[N+]([O-])c1cc(F)ccc1NCC1CCCCC1. The number of benzene rings is 1. The lowest BCUT2D eigenvalue weighted by Gasteiger charge is -2.22. The number of nitro benzene ring substituents is 1. The fourth-order valence-electron chi connectivity index (χ4n) is 2.45. The van der Waals surface area contributed by atoms with Gasteiger partial charge < -0.3 is 5.32 Å². The fourth-order valence-corrected chi connectivity index (χ4v) is 2.45. The van der Waals surface area contributed by atoms with Crippen molar-refractivity contribution in [1.82, 2.24) is 0 Å². The second kappa shape index (κ2) is 5.80. The van der Waals surface area contributed by atoms with Gasteiger partial charge in [-0.2, -0.15) is 0 Å². The molecule has 1 N–H and O–H groups in total. The minimum absolute atomic E-state index is 0.189. The van der Waals surface area contributed by atoms with Crippen LogP contribution < -0.4 is 5.32 Å². The molecule has 0 amide bonds. The molecule has 0 heterocycles. The summed E-state index contributed by atoms with van der Waals surface area (Å²) in [6.45, 7) is 0.729. The van der Waals surface area contributed by atoms with Crippen LogP contribution in [0.25, 0.3) is 0 Å². The first-order valence-electron chi connectivity index (χ1n) is 6.34. The molecular weight excluding hydrogens is 235 g/mol. The van der Waals surface area contributed by atoms with Gasteiger partial charge in [0.25, 0.3) is 5.69 Å². The highest BCUT2D eigenvalue weighted by Crippen LogP contribution is 2.28. The van der Waals surface area contributed by atoms with E-state index in [1.807, 2.05) is 0 Å². The van der Waals surface area contributed by atoms with Gasteiger partial charge >= 0.3 is 0 Å². The van der Waals surface area contributed by atoms with Crippen LogP contribution in [0.15, 0.2) is 18.2 Å². The average molecular weight is 252 g/mol. The molecule has 1 fully saturated rings. The molecule has 1 saturated carbocycles.